The summed E-state index contributed by atoms with van der Waals surface area (Å²) in [5, 5.41) is 6.38. The van der Waals surface area contributed by atoms with Crippen molar-refractivity contribution in [1.29, 1.82) is 0 Å². The van der Waals surface area contributed by atoms with Crippen LogP contribution < -0.4 is 11.1 Å². The first-order valence-corrected chi connectivity index (χ1v) is 7.85. The van der Waals surface area contributed by atoms with Crippen molar-refractivity contribution >= 4 is 40.5 Å². The van der Waals surface area contributed by atoms with Crippen LogP contribution in [-0.2, 0) is 0 Å². The van der Waals surface area contributed by atoms with Crippen molar-refractivity contribution < 1.29 is 0 Å². The molecule has 6 heteroatoms. The molecule has 3 nitrogen and oxygen atoms in total. The van der Waals surface area contributed by atoms with Gasteiger partial charge in [0, 0.05) is 4.88 Å². The van der Waals surface area contributed by atoms with Crippen molar-refractivity contribution in [2.45, 2.75) is 18.5 Å². The normalized spacial score (nSPS) is 22.2. The maximum atomic E-state index is 6.08. The number of nitrogens with zero attached hydrogens (tertiary/aromatic N) is 1. The van der Waals surface area contributed by atoms with Gasteiger partial charge in [-0.3, -0.25) is 0 Å². The molecule has 0 saturated carbocycles. The van der Waals surface area contributed by atoms with Gasteiger partial charge in [-0.1, -0.05) is 35.3 Å². The van der Waals surface area contributed by atoms with Crippen LogP contribution >= 0.6 is 34.5 Å². The summed E-state index contributed by atoms with van der Waals surface area (Å²) in [5.74, 6) is 0.464. The molecule has 0 bridgehead atoms. The monoisotopic (exact) mass is 325 g/mol. The van der Waals surface area contributed by atoms with Crippen LogP contribution in [0.25, 0.3) is 0 Å². The van der Waals surface area contributed by atoms with Crippen LogP contribution in [-0.4, -0.2) is 5.96 Å². The summed E-state index contributed by atoms with van der Waals surface area (Å²) in [6.45, 7) is 0. The molecule has 0 aliphatic carbocycles. The number of aliphatic imine (C=N–C) groups is 1. The molecule has 0 radical (unpaired) electrons. The molecule has 0 saturated heterocycles. The van der Waals surface area contributed by atoms with E-state index < -0.39 is 0 Å². The third-order valence-corrected chi connectivity index (χ3v) is 5.02. The molecular formula is C14H13Cl2N3S. The average molecular weight is 326 g/mol. The van der Waals surface area contributed by atoms with Gasteiger partial charge in [-0.15, -0.1) is 11.3 Å². The Morgan fingerprint density at radius 2 is 2.10 bits per heavy atom. The van der Waals surface area contributed by atoms with E-state index in [0.717, 1.165) is 12.0 Å². The van der Waals surface area contributed by atoms with Crippen LogP contribution in [0.15, 0.2) is 40.7 Å². The lowest BCUT2D eigenvalue weighted by Gasteiger charge is -2.28. The van der Waals surface area contributed by atoms with E-state index in [1.165, 1.54) is 4.88 Å². The standard InChI is InChI=1S/C14H13Cl2N3S/c15-9-4-3-8(6-10(9)16)11-7-12(19-14(17)18-11)13-2-1-5-20-13/h1-6,11-12H,7H2,(H3,17,18,19). The van der Waals surface area contributed by atoms with E-state index in [9.17, 15) is 0 Å². The first-order valence-electron chi connectivity index (χ1n) is 6.21. The molecule has 104 valence electrons. The fraction of sp³-hybridized carbons (Fsp3) is 0.214. The summed E-state index contributed by atoms with van der Waals surface area (Å²) in [5.41, 5.74) is 6.94. The van der Waals surface area contributed by atoms with Gasteiger partial charge < -0.3 is 11.1 Å². The number of hydrogen-bond acceptors (Lipinski definition) is 4. The lowest BCUT2D eigenvalue weighted by Crippen LogP contribution is -2.39. The zero-order valence-corrected chi connectivity index (χ0v) is 12.8. The third-order valence-electron chi connectivity index (χ3n) is 3.29. The fourth-order valence-corrected chi connectivity index (χ4v) is 3.42. The van der Waals surface area contributed by atoms with Crippen LogP contribution in [0.4, 0.5) is 0 Å². The molecular weight excluding hydrogens is 313 g/mol. The minimum absolute atomic E-state index is 0.00174. The van der Waals surface area contributed by atoms with Crippen molar-refractivity contribution in [3.63, 3.8) is 0 Å². The first-order chi connectivity index (χ1) is 9.63. The molecule has 0 amide bonds. The van der Waals surface area contributed by atoms with Crippen molar-refractivity contribution in [1.82, 2.24) is 5.32 Å². The Morgan fingerprint density at radius 3 is 2.80 bits per heavy atom. The Balaban J connectivity index is 1.89. The zero-order valence-electron chi connectivity index (χ0n) is 10.5. The minimum atomic E-state index is -0.00174. The van der Waals surface area contributed by atoms with Gasteiger partial charge in [0.15, 0.2) is 5.96 Å². The van der Waals surface area contributed by atoms with Gasteiger partial charge in [-0.25, -0.2) is 4.99 Å². The van der Waals surface area contributed by atoms with Gasteiger partial charge in [0.05, 0.1) is 22.1 Å². The van der Waals surface area contributed by atoms with E-state index in [-0.39, 0.29) is 12.1 Å². The molecule has 1 aliphatic heterocycles. The number of thiophene rings is 1. The van der Waals surface area contributed by atoms with Crippen LogP contribution in [0, 0.1) is 0 Å². The van der Waals surface area contributed by atoms with E-state index in [0.29, 0.717) is 16.0 Å². The van der Waals surface area contributed by atoms with E-state index in [2.05, 4.69) is 21.8 Å². The number of nitrogens with two attached hydrogens (primary N) is 1. The fourth-order valence-electron chi connectivity index (χ4n) is 2.33. The third kappa shape index (κ3) is 2.77. The maximum Gasteiger partial charge on any atom is 0.189 e. The summed E-state index contributed by atoms with van der Waals surface area (Å²) in [6.07, 6.45) is 0.846. The molecule has 1 aliphatic rings. The molecule has 2 heterocycles. The van der Waals surface area contributed by atoms with Crippen LogP contribution in [0.5, 0.6) is 0 Å². The zero-order chi connectivity index (χ0) is 14.1. The van der Waals surface area contributed by atoms with Crippen LogP contribution in [0.2, 0.25) is 10.0 Å². The van der Waals surface area contributed by atoms with E-state index >= 15 is 0 Å². The SMILES string of the molecule is NC1=NC(c2ccc(Cl)c(Cl)c2)CC(c2cccs2)N1. The van der Waals surface area contributed by atoms with Gasteiger partial charge in [-0.2, -0.15) is 0 Å². The van der Waals surface area contributed by atoms with E-state index in [4.69, 9.17) is 28.9 Å². The molecule has 3 rings (SSSR count). The maximum absolute atomic E-state index is 6.08. The van der Waals surface area contributed by atoms with Crippen molar-refractivity contribution in [2.24, 2.45) is 10.7 Å². The number of guanidine groups is 1. The molecule has 0 spiro atoms. The van der Waals surface area contributed by atoms with Crippen molar-refractivity contribution in [3.05, 3.63) is 56.2 Å². The summed E-state index contributed by atoms with van der Waals surface area (Å²) >= 11 is 13.7. The Bertz CT molecular complexity index is 640. The number of hydrogen-bond donors (Lipinski definition) is 2. The van der Waals surface area contributed by atoms with Gasteiger partial charge in [0.1, 0.15) is 0 Å². The van der Waals surface area contributed by atoms with Crippen LogP contribution in [0.1, 0.15) is 28.9 Å². The molecule has 3 N–H and O–H groups in total. The van der Waals surface area contributed by atoms with Gasteiger partial charge in [0.2, 0.25) is 0 Å². The van der Waals surface area contributed by atoms with Crippen LogP contribution in [0.3, 0.4) is 0 Å². The molecule has 0 fully saturated rings. The summed E-state index contributed by atoms with van der Waals surface area (Å²) in [4.78, 5) is 5.73. The van der Waals surface area contributed by atoms with Gasteiger partial charge in [-0.05, 0) is 35.6 Å². The summed E-state index contributed by atoms with van der Waals surface area (Å²) < 4.78 is 0. The van der Waals surface area contributed by atoms with Crippen molar-refractivity contribution in [2.75, 3.05) is 0 Å². The number of halogens is 2. The topological polar surface area (TPSA) is 50.4 Å². The molecule has 2 unspecified atom stereocenters. The van der Waals surface area contributed by atoms with E-state index in [1.807, 2.05) is 18.2 Å². The second kappa shape index (κ2) is 5.64. The number of benzene rings is 1. The van der Waals surface area contributed by atoms with E-state index in [1.54, 1.807) is 17.4 Å². The molecule has 20 heavy (non-hydrogen) atoms. The minimum Gasteiger partial charge on any atom is -0.370 e. The second-order valence-electron chi connectivity index (χ2n) is 4.65. The summed E-state index contributed by atoms with van der Waals surface area (Å²) in [6, 6.07) is 9.94. The highest BCUT2D eigenvalue weighted by Crippen LogP contribution is 2.35. The Kier molecular flexibility index (Phi) is 3.87. The van der Waals surface area contributed by atoms with Crippen molar-refractivity contribution in [3.8, 4) is 0 Å². The van der Waals surface area contributed by atoms with Gasteiger partial charge in [0.25, 0.3) is 0 Å². The lowest BCUT2D eigenvalue weighted by atomic mass is 9.97. The molecule has 2 aromatic rings. The second-order valence-corrected chi connectivity index (χ2v) is 6.45. The number of nitrogens with one attached hydrogen (secondary N) is 1. The Morgan fingerprint density at radius 1 is 1.25 bits per heavy atom. The molecule has 1 aromatic carbocycles. The number of rotatable bonds is 2. The molecule has 1 aromatic heterocycles. The largest absolute Gasteiger partial charge is 0.370 e. The predicted molar refractivity (Wildman–Crippen MR) is 85.6 cm³/mol. The predicted octanol–water partition coefficient (Wildman–Crippen LogP) is 4.15. The lowest BCUT2D eigenvalue weighted by molar-refractivity contribution is 0.493. The van der Waals surface area contributed by atoms with Gasteiger partial charge >= 0.3 is 0 Å². The first kappa shape index (κ1) is 13.7. The highest BCUT2D eigenvalue weighted by molar-refractivity contribution is 7.10. The average Bonchev–Trinajstić information content (AvgIpc) is 2.95. The smallest absolute Gasteiger partial charge is 0.189 e. The molecule has 2 atom stereocenters. The highest BCUT2D eigenvalue weighted by Gasteiger charge is 2.25. The Labute approximate surface area is 131 Å². The highest BCUT2D eigenvalue weighted by atomic mass is 35.5. The quantitative estimate of drug-likeness (QED) is 0.871. The summed E-state index contributed by atoms with van der Waals surface area (Å²) in [7, 11) is 0. The Hall–Kier alpha value is -1.23.